The smallest absolute Gasteiger partial charge is 0.329 e. The van der Waals surface area contributed by atoms with Crippen molar-refractivity contribution >= 4 is 11.9 Å². The van der Waals surface area contributed by atoms with Crippen LogP contribution in [-0.2, 0) is 20.9 Å². The van der Waals surface area contributed by atoms with Crippen molar-refractivity contribution in [2.24, 2.45) is 0 Å². The number of pyridine rings is 1. The molecule has 1 aliphatic carbocycles. The molecule has 0 radical (unpaired) electrons. The Labute approximate surface area is 111 Å². The van der Waals surface area contributed by atoms with Gasteiger partial charge < -0.3 is 14.7 Å². The van der Waals surface area contributed by atoms with Crippen LogP contribution in [0.4, 0.5) is 0 Å². The third-order valence-electron chi connectivity index (χ3n) is 2.83. The van der Waals surface area contributed by atoms with Gasteiger partial charge in [-0.3, -0.25) is 9.78 Å². The van der Waals surface area contributed by atoms with Gasteiger partial charge >= 0.3 is 5.97 Å². The van der Waals surface area contributed by atoms with Crippen LogP contribution < -0.4 is 0 Å². The minimum absolute atomic E-state index is 0.174. The normalized spacial score (nSPS) is 14.1. The lowest BCUT2D eigenvalue weighted by Crippen LogP contribution is -2.35. The number of amides is 1. The number of carbonyl (C=O) groups is 2. The summed E-state index contributed by atoms with van der Waals surface area (Å²) in [5, 5.41) is 8.46. The summed E-state index contributed by atoms with van der Waals surface area (Å²) < 4.78 is 4.85. The molecule has 1 fully saturated rings. The molecule has 0 unspecified atom stereocenters. The first kappa shape index (κ1) is 13.5. The Balaban J connectivity index is 1.89. The van der Waals surface area contributed by atoms with Gasteiger partial charge in [-0.25, -0.2) is 4.79 Å². The van der Waals surface area contributed by atoms with E-state index in [0.717, 1.165) is 18.4 Å². The first-order valence-corrected chi connectivity index (χ1v) is 6.14. The molecule has 1 saturated carbocycles. The minimum atomic E-state index is -1.07. The molecule has 6 nitrogen and oxygen atoms in total. The van der Waals surface area contributed by atoms with E-state index in [9.17, 15) is 9.59 Å². The molecular formula is C13H16N2O4. The van der Waals surface area contributed by atoms with Gasteiger partial charge in [0, 0.05) is 25.0 Å². The predicted octanol–water partition coefficient (Wildman–Crippen LogP) is 0.674. The van der Waals surface area contributed by atoms with Gasteiger partial charge in [0.2, 0.25) is 5.91 Å². The highest BCUT2D eigenvalue weighted by atomic mass is 16.5. The van der Waals surface area contributed by atoms with Crippen LogP contribution in [0.2, 0.25) is 0 Å². The van der Waals surface area contributed by atoms with Crippen LogP contribution in [-0.4, -0.2) is 46.1 Å². The van der Waals surface area contributed by atoms with E-state index in [0.29, 0.717) is 6.54 Å². The van der Waals surface area contributed by atoms with E-state index in [1.807, 2.05) is 12.1 Å². The number of hydrogen-bond acceptors (Lipinski definition) is 4. The number of ether oxygens (including phenoxy) is 1. The molecule has 0 atom stereocenters. The maximum absolute atomic E-state index is 12.0. The highest BCUT2D eigenvalue weighted by Gasteiger charge is 2.32. The molecule has 1 aliphatic rings. The minimum Gasteiger partial charge on any atom is -0.480 e. The molecule has 0 saturated heterocycles. The Morgan fingerprint density at radius 2 is 2.21 bits per heavy atom. The van der Waals surface area contributed by atoms with Gasteiger partial charge in [0.25, 0.3) is 0 Å². The average molecular weight is 264 g/mol. The molecule has 102 valence electrons. The molecular weight excluding hydrogens is 248 g/mol. The molecule has 1 aromatic heterocycles. The Morgan fingerprint density at radius 3 is 2.79 bits per heavy atom. The zero-order valence-corrected chi connectivity index (χ0v) is 10.5. The summed E-state index contributed by atoms with van der Waals surface area (Å²) in [4.78, 5) is 28.1. The van der Waals surface area contributed by atoms with Crippen LogP contribution in [0.15, 0.2) is 24.5 Å². The van der Waals surface area contributed by atoms with E-state index in [-0.39, 0.29) is 18.6 Å². The molecule has 6 heteroatoms. The second kappa shape index (κ2) is 6.29. The lowest BCUT2D eigenvalue weighted by molar-refractivity contribution is -0.146. The highest BCUT2D eigenvalue weighted by molar-refractivity contribution is 5.78. The predicted molar refractivity (Wildman–Crippen MR) is 66.3 cm³/mol. The number of carboxylic acids is 1. The number of carboxylic acid groups (broad SMARTS) is 1. The van der Waals surface area contributed by atoms with Crippen molar-refractivity contribution in [2.75, 3.05) is 13.2 Å². The maximum atomic E-state index is 12.0. The van der Waals surface area contributed by atoms with Crippen LogP contribution >= 0.6 is 0 Å². The number of hydrogen-bond donors (Lipinski definition) is 1. The van der Waals surface area contributed by atoms with Crippen LogP contribution in [0.1, 0.15) is 18.4 Å². The van der Waals surface area contributed by atoms with Crippen LogP contribution in [0.25, 0.3) is 0 Å². The summed E-state index contributed by atoms with van der Waals surface area (Å²) in [7, 11) is 0. The van der Waals surface area contributed by atoms with E-state index >= 15 is 0 Å². The number of aliphatic carboxylic acids is 1. The van der Waals surface area contributed by atoms with E-state index in [2.05, 4.69) is 4.98 Å². The first-order chi connectivity index (χ1) is 9.16. The Bertz CT molecular complexity index is 445. The van der Waals surface area contributed by atoms with Crippen molar-refractivity contribution in [1.82, 2.24) is 9.88 Å². The third-order valence-corrected chi connectivity index (χ3v) is 2.83. The molecule has 1 aromatic rings. The molecule has 1 N–H and O–H groups in total. The van der Waals surface area contributed by atoms with Crippen LogP contribution in [0, 0.1) is 0 Å². The molecule has 0 bridgehead atoms. The molecule has 2 rings (SSSR count). The highest BCUT2D eigenvalue weighted by Crippen LogP contribution is 2.28. The van der Waals surface area contributed by atoms with Gasteiger partial charge in [0.05, 0.1) is 0 Å². The summed E-state index contributed by atoms with van der Waals surface area (Å²) in [6.45, 7) is -0.145. The Morgan fingerprint density at radius 1 is 1.42 bits per heavy atom. The number of nitrogens with zero attached hydrogens (tertiary/aromatic N) is 2. The Hall–Kier alpha value is -1.95. The van der Waals surface area contributed by atoms with E-state index in [1.165, 1.54) is 0 Å². The summed E-state index contributed by atoms with van der Waals surface area (Å²) in [5.74, 6) is -1.24. The van der Waals surface area contributed by atoms with E-state index < -0.39 is 12.6 Å². The van der Waals surface area contributed by atoms with Gasteiger partial charge in [-0.2, -0.15) is 0 Å². The largest absolute Gasteiger partial charge is 0.480 e. The van der Waals surface area contributed by atoms with Crippen molar-refractivity contribution in [3.8, 4) is 0 Å². The Kier molecular flexibility index (Phi) is 4.46. The summed E-state index contributed by atoms with van der Waals surface area (Å²) in [6.07, 6.45) is 5.39. The zero-order chi connectivity index (χ0) is 13.7. The third kappa shape index (κ3) is 4.33. The second-order valence-corrected chi connectivity index (χ2v) is 4.50. The van der Waals surface area contributed by atoms with Crippen molar-refractivity contribution in [3.63, 3.8) is 0 Å². The van der Waals surface area contributed by atoms with Gasteiger partial charge in [-0.15, -0.1) is 0 Å². The molecule has 0 aliphatic heterocycles. The average Bonchev–Trinajstić information content (AvgIpc) is 3.21. The van der Waals surface area contributed by atoms with Crippen molar-refractivity contribution in [1.29, 1.82) is 0 Å². The van der Waals surface area contributed by atoms with Crippen LogP contribution in [0.5, 0.6) is 0 Å². The molecule has 1 heterocycles. The summed E-state index contributed by atoms with van der Waals surface area (Å²) in [5.41, 5.74) is 0.959. The first-order valence-electron chi connectivity index (χ1n) is 6.14. The number of rotatable bonds is 7. The maximum Gasteiger partial charge on any atom is 0.329 e. The fraction of sp³-hybridized carbons (Fsp3) is 0.462. The summed E-state index contributed by atoms with van der Waals surface area (Å²) >= 11 is 0. The quantitative estimate of drug-likeness (QED) is 0.783. The monoisotopic (exact) mass is 264 g/mol. The molecule has 1 amide bonds. The van der Waals surface area contributed by atoms with E-state index in [4.69, 9.17) is 9.84 Å². The van der Waals surface area contributed by atoms with Crippen molar-refractivity contribution < 1.29 is 19.4 Å². The van der Waals surface area contributed by atoms with E-state index in [1.54, 1.807) is 17.3 Å². The molecule has 19 heavy (non-hydrogen) atoms. The lowest BCUT2D eigenvalue weighted by Gasteiger charge is -2.22. The lowest BCUT2D eigenvalue weighted by atomic mass is 10.2. The summed E-state index contributed by atoms with van der Waals surface area (Å²) in [6, 6.07) is 3.99. The standard InChI is InChI=1S/C13H16N2O4/c16-12(8-19-9-13(17)18)15(11-3-4-11)7-10-2-1-5-14-6-10/h1-2,5-6,11H,3-4,7-9H2,(H,17,18). The zero-order valence-electron chi connectivity index (χ0n) is 10.5. The molecule has 0 aromatic carbocycles. The fourth-order valence-electron chi connectivity index (χ4n) is 1.80. The number of aromatic nitrogens is 1. The van der Waals surface area contributed by atoms with Crippen LogP contribution in [0.3, 0.4) is 0 Å². The molecule has 0 spiro atoms. The second-order valence-electron chi connectivity index (χ2n) is 4.50. The topological polar surface area (TPSA) is 79.7 Å². The van der Waals surface area contributed by atoms with Crippen molar-refractivity contribution in [2.45, 2.75) is 25.4 Å². The van der Waals surface area contributed by atoms with Gasteiger partial charge in [-0.05, 0) is 24.5 Å². The fourth-order valence-corrected chi connectivity index (χ4v) is 1.80. The van der Waals surface area contributed by atoms with Gasteiger partial charge in [0.15, 0.2) is 0 Å². The van der Waals surface area contributed by atoms with Gasteiger partial charge in [-0.1, -0.05) is 6.07 Å². The number of carbonyl (C=O) groups excluding carboxylic acids is 1. The van der Waals surface area contributed by atoms with Gasteiger partial charge in [0.1, 0.15) is 13.2 Å². The SMILES string of the molecule is O=C(O)COCC(=O)N(Cc1cccnc1)C1CC1. The van der Waals surface area contributed by atoms with Crippen molar-refractivity contribution in [3.05, 3.63) is 30.1 Å².